The van der Waals surface area contributed by atoms with Crippen molar-refractivity contribution in [2.45, 2.75) is 196 Å². The van der Waals surface area contributed by atoms with Gasteiger partial charge >= 0.3 is 0 Å². The molecule has 0 radical (unpaired) electrons. The summed E-state index contributed by atoms with van der Waals surface area (Å²) in [5.41, 5.74) is 1.75. The van der Waals surface area contributed by atoms with E-state index in [1.54, 1.807) is 6.92 Å². The van der Waals surface area contributed by atoms with E-state index in [0.29, 0.717) is 30.8 Å². The summed E-state index contributed by atoms with van der Waals surface area (Å²) < 4.78 is 50.9. The Bertz CT molecular complexity index is 1620. The van der Waals surface area contributed by atoms with Gasteiger partial charge in [0.05, 0.1) is 43.7 Å². The first-order chi connectivity index (χ1) is 28.4. The third-order valence-electron chi connectivity index (χ3n) is 17.1. The summed E-state index contributed by atoms with van der Waals surface area (Å²) in [6.45, 7) is 14.5. The van der Waals surface area contributed by atoms with Crippen LogP contribution in [0.3, 0.4) is 0 Å². The lowest BCUT2D eigenvalue weighted by Crippen LogP contribution is -2.66. The van der Waals surface area contributed by atoms with Gasteiger partial charge in [0.2, 0.25) is 0 Å². The molecule has 5 saturated heterocycles. The van der Waals surface area contributed by atoms with Crippen LogP contribution in [-0.4, -0.2) is 164 Å². The molecule has 16 heteroatoms. The number of ether oxygens (including phenoxy) is 8. The first-order valence-corrected chi connectivity index (χ1v) is 22.4. The SMILES string of the molecule is C=C1CC[C@@]2(OC1)O[C@H]1C[C@H]3[C@@H]4CC=C5C[C@@H](O)C[C@@H](O[C@@H]6O[C@H](C)[C@H](O)[C@H](O[C@@H]7OC[C@@H](O)[C@H](O)[C@H]7O)[C@H]6O[C@@H]6O[C@@H](C)[C@H](O)[C@@H](O)[C@H]6O)[C@]5(C)[C@H]4CC[C@]3(C)[C@H]1[C@@H]2C. The Morgan fingerprint density at radius 3 is 2.18 bits per heavy atom. The summed E-state index contributed by atoms with van der Waals surface area (Å²) in [7, 11) is 0. The number of hydrogen-bond acceptors (Lipinski definition) is 16. The van der Waals surface area contributed by atoms with E-state index in [0.717, 1.165) is 49.7 Å². The van der Waals surface area contributed by atoms with Crippen LogP contribution >= 0.6 is 0 Å². The van der Waals surface area contributed by atoms with Crippen LogP contribution < -0.4 is 0 Å². The van der Waals surface area contributed by atoms with E-state index < -0.39 is 109 Å². The summed E-state index contributed by atoms with van der Waals surface area (Å²) >= 11 is 0. The minimum atomic E-state index is -1.72. The Morgan fingerprint density at radius 2 is 1.45 bits per heavy atom. The summed E-state index contributed by atoms with van der Waals surface area (Å²) in [5.74, 6) is 0.962. The Labute approximate surface area is 351 Å². The Kier molecular flexibility index (Phi) is 11.8. The zero-order valence-electron chi connectivity index (χ0n) is 35.4. The smallest absolute Gasteiger partial charge is 0.187 e. The van der Waals surface area contributed by atoms with Crippen LogP contribution in [0.15, 0.2) is 23.8 Å². The molecule has 0 unspecified atom stereocenters. The number of hydrogen-bond donors (Lipinski definition) is 8. The molecule has 0 bridgehead atoms. The van der Waals surface area contributed by atoms with Crippen LogP contribution in [0.5, 0.6) is 0 Å². The largest absolute Gasteiger partial charge is 0.393 e. The van der Waals surface area contributed by atoms with Gasteiger partial charge in [-0.05, 0) is 81.5 Å². The molecule has 8 fully saturated rings. The van der Waals surface area contributed by atoms with Gasteiger partial charge in [0.15, 0.2) is 24.7 Å². The summed E-state index contributed by atoms with van der Waals surface area (Å²) in [5, 5.41) is 86.8. The number of allylic oxidation sites excluding steroid dienone is 1. The van der Waals surface area contributed by atoms with Crippen molar-refractivity contribution in [3.63, 3.8) is 0 Å². The van der Waals surface area contributed by atoms with Crippen molar-refractivity contribution in [1.82, 2.24) is 0 Å². The molecule has 0 aromatic carbocycles. The van der Waals surface area contributed by atoms with Crippen molar-refractivity contribution in [3.05, 3.63) is 23.8 Å². The third-order valence-corrected chi connectivity index (χ3v) is 17.1. The average molecular weight is 853 g/mol. The molecule has 3 saturated carbocycles. The molecule has 8 N–H and O–H groups in total. The van der Waals surface area contributed by atoms with Crippen molar-refractivity contribution in [2.24, 2.45) is 40.4 Å². The molecule has 1 spiro atoms. The highest BCUT2D eigenvalue weighted by Gasteiger charge is 2.69. The maximum Gasteiger partial charge on any atom is 0.187 e. The quantitative estimate of drug-likeness (QED) is 0.172. The molecule has 60 heavy (non-hydrogen) atoms. The Balaban J connectivity index is 1.01. The van der Waals surface area contributed by atoms with Crippen LogP contribution in [0.4, 0.5) is 0 Å². The zero-order valence-corrected chi connectivity index (χ0v) is 35.4. The second kappa shape index (κ2) is 16.1. The zero-order chi connectivity index (χ0) is 42.8. The van der Waals surface area contributed by atoms with Gasteiger partial charge < -0.3 is 78.7 Å². The molecule has 0 amide bonds. The van der Waals surface area contributed by atoms with Gasteiger partial charge in [0, 0.05) is 24.2 Å². The van der Waals surface area contributed by atoms with E-state index in [-0.39, 0.29) is 36.4 Å². The van der Waals surface area contributed by atoms with Crippen LogP contribution in [0.1, 0.15) is 86.0 Å². The van der Waals surface area contributed by atoms with Gasteiger partial charge in [0.1, 0.15) is 54.9 Å². The molecular weight excluding hydrogens is 784 g/mol. The fraction of sp³-hybridized carbons (Fsp3) is 0.909. The van der Waals surface area contributed by atoms with Gasteiger partial charge in [0.25, 0.3) is 0 Å². The first kappa shape index (κ1) is 44.1. The van der Waals surface area contributed by atoms with Crippen molar-refractivity contribution in [3.8, 4) is 0 Å². The van der Waals surface area contributed by atoms with Crippen molar-refractivity contribution < 1.29 is 78.7 Å². The minimum Gasteiger partial charge on any atom is -0.393 e. The average Bonchev–Trinajstić information content (AvgIpc) is 3.66. The van der Waals surface area contributed by atoms with E-state index in [4.69, 9.17) is 37.9 Å². The second-order valence-corrected chi connectivity index (χ2v) is 20.3. The first-order valence-electron chi connectivity index (χ1n) is 22.4. The maximum absolute atomic E-state index is 11.6. The van der Waals surface area contributed by atoms with Gasteiger partial charge in [-0.1, -0.05) is 44.6 Å². The normalized spacial score (nSPS) is 58.0. The third kappa shape index (κ3) is 6.94. The second-order valence-electron chi connectivity index (χ2n) is 20.3. The lowest BCUT2D eigenvalue weighted by molar-refractivity contribution is -0.391. The molecule has 0 aromatic rings. The van der Waals surface area contributed by atoms with E-state index >= 15 is 0 Å². The van der Waals surface area contributed by atoms with Crippen molar-refractivity contribution >= 4 is 0 Å². The molecular formula is C44H68O16. The minimum absolute atomic E-state index is 0.0475. The lowest BCUT2D eigenvalue weighted by Gasteiger charge is -2.60. The number of aliphatic hydroxyl groups is 8. The lowest BCUT2D eigenvalue weighted by atomic mass is 9.46. The summed E-state index contributed by atoms with van der Waals surface area (Å²) in [6, 6.07) is 0. The van der Waals surface area contributed by atoms with Gasteiger partial charge in [-0.3, -0.25) is 0 Å². The molecule has 16 nitrogen and oxygen atoms in total. The monoisotopic (exact) mass is 852 g/mol. The van der Waals surface area contributed by atoms with Crippen molar-refractivity contribution in [2.75, 3.05) is 13.2 Å². The summed E-state index contributed by atoms with van der Waals surface area (Å²) in [4.78, 5) is 0. The molecule has 5 aliphatic heterocycles. The van der Waals surface area contributed by atoms with Crippen LogP contribution in [0.25, 0.3) is 0 Å². The van der Waals surface area contributed by atoms with E-state index in [1.807, 2.05) is 0 Å². The van der Waals surface area contributed by atoms with E-state index in [9.17, 15) is 40.9 Å². The van der Waals surface area contributed by atoms with Gasteiger partial charge in [-0.2, -0.15) is 0 Å². The highest BCUT2D eigenvalue weighted by atomic mass is 16.8. The molecule has 9 rings (SSSR count). The topological polar surface area (TPSA) is 236 Å². The Morgan fingerprint density at radius 1 is 0.750 bits per heavy atom. The van der Waals surface area contributed by atoms with E-state index in [2.05, 4.69) is 33.4 Å². The molecule has 0 aromatic heterocycles. The fourth-order valence-electron chi connectivity index (χ4n) is 13.6. The van der Waals surface area contributed by atoms with Crippen molar-refractivity contribution in [1.29, 1.82) is 0 Å². The van der Waals surface area contributed by atoms with Crippen LogP contribution in [0, 0.1) is 40.4 Å². The van der Waals surface area contributed by atoms with E-state index in [1.165, 1.54) is 6.92 Å². The fourth-order valence-corrected chi connectivity index (χ4v) is 13.6. The highest BCUT2D eigenvalue weighted by Crippen LogP contribution is 2.71. The highest BCUT2D eigenvalue weighted by molar-refractivity contribution is 5.29. The number of aliphatic hydroxyl groups excluding tert-OH is 8. The Hall–Kier alpha value is -1.16. The van der Waals surface area contributed by atoms with Crippen LogP contribution in [0.2, 0.25) is 0 Å². The predicted molar refractivity (Wildman–Crippen MR) is 208 cm³/mol. The molecule has 9 aliphatic rings. The predicted octanol–water partition coefficient (Wildman–Crippen LogP) is 0.772. The molecule has 25 atom stereocenters. The molecule has 340 valence electrons. The standard InChI is InChI=1S/C44H68O16/c1-18-9-12-44(54-16-18)19(2)30-28(60-44)15-26-24-8-7-22-13-23(45)14-29(43(22,6)25(24)10-11-42(26,30)5)57-41-38(59-40-36(52)34(50)31(47)20(3)55-40)37(32(48)21(4)56-41)58-39-35(51)33(49)27(46)17-53-39/h7,19-21,23-41,45-52H,1,8-17H2,2-6H3/t19-,20-,21+,23+,24+,25-,26-,27+,28-,29+,30-,31-,32-,33-,34+,35+,36+,37-,38+,39-,40-,41-,42-,43-,44+/m0/s1. The summed E-state index contributed by atoms with van der Waals surface area (Å²) in [6.07, 6.45) is -12.5. The molecule has 4 aliphatic carbocycles. The maximum atomic E-state index is 11.6. The number of fused-ring (bicyclic) bond motifs is 7. The van der Waals surface area contributed by atoms with Gasteiger partial charge in [-0.25, -0.2) is 0 Å². The number of rotatable bonds is 6. The molecule has 5 heterocycles. The van der Waals surface area contributed by atoms with Crippen LogP contribution in [-0.2, 0) is 37.9 Å². The van der Waals surface area contributed by atoms with Gasteiger partial charge in [-0.15, -0.1) is 0 Å².